The van der Waals surface area contributed by atoms with Gasteiger partial charge in [-0.3, -0.25) is 9.59 Å². The number of amides is 1. The summed E-state index contributed by atoms with van der Waals surface area (Å²) in [6, 6.07) is 14.6. The Kier molecular flexibility index (Phi) is 3.58. The van der Waals surface area contributed by atoms with Crippen molar-refractivity contribution < 1.29 is 14.7 Å². The minimum absolute atomic E-state index is 0.159. The second kappa shape index (κ2) is 5.67. The van der Waals surface area contributed by atoms with Gasteiger partial charge in [0.2, 0.25) is 0 Å². The highest BCUT2D eigenvalue weighted by Gasteiger charge is 2.57. The second-order valence-electron chi connectivity index (χ2n) is 6.60. The Hall–Kier alpha value is -2.72. The molecule has 1 heterocycles. The van der Waals surface area contributed by atoms with Crippen molar-refractivity contribution in [1.29, 1.82) is 0 Å². The first-order valence-electron chi connectivity index (χ1n) is 8.46. The maximum Gasteiger partial charge on any atom is 0.264 e. The summed E-state index contributed by atoms with van der Waals surface area (Å²) in [6.45, 7) is 4.00. The van der Waals surface area contributed by atoms with Crippen LogP contribution in [0.5, 0.6) is 0 Å². The van der Waals surface area contributed by atoms with Crippen molar-refractivity contribution in [2.45, 2.75) is 18.4 Å². The molecule has 4 rings (SSSR count). The number of carbonyl (C=O) groups is 2. The molecule has 0 saturated carbocycles. The highest BCUT2D eigenvalue weighted by Crippen LogP contribution is 2.48. The van der Waals surface area contributed by atoms with Crippen molar-refractivity contribution in [2.75, 3.05) is 11.4 Å². The van der Waals surface area contributed by atoms with E-state index in [1.165, 1.54) is 4.90 Å². The summed E-state index contributed by atoms with van der Waals surface area (Å²) in [7, 11) is 0. The summed E-state index contributed by atoms with van der Waals surface area (Å²) in [5.74, 6) is -1.37. The molecule has 4 heteroatoms. The van der Waals surface area contributed by atoms with Crippen LogP contribution in [-0.4, -0.2) is 23.3 Å². The molecule has 0 saturated heterocycles. The number of aryl methyl sites for hydroxylation is 1. The van der Waals surface area contributed by atoms with E-state index in [1.54, 1.807) is 30.3 Å². The lowest BCUT2D eigenvalue weighted by molar-refractivity contribution is -0.140. The predicted octanol–water partition coefficient (Wildman–Crippen LogP) is 2.85. The number of aliphatic hydroxyl groups is 1. The van der Waals surface area contributed by atoms with Gasteiger partial charge < -0.3 is 10.0 Å². The lowest BCUT2D eigenvalue weighted by Crippen LogP contribution is -2.49. The van der Waals surface area contributed by atoms with Crippen molar-refractivity contribution in [3.05, 3.63) is 77.9 Å². The van der Waals surface area contributed by atoms with Crippen LogP contribution in [0, 0.1) is 5.92 Å². The first kappa shape index (κ1) is 15.8. The smallest absolute Gasteiger partial charge is 0.264 e. The summed E-state index contributed by atoms with van der Waals surface area (Å²) in [4.78, 5) is 27.7. The molecule has 126 valence electrons. The molecular formula is C21H19NO3. The third-order valence-corrected chi connectivity index (χ3v) is 5.29. The van der Waals surface area contributed by atoms with Crippen LogP contribution >= 0.6 is 0 Å². The molecule has 2 aliphatic rings. The van der Waals surface area contributed by atoms with Crippen LogP contribution in [0.25, 0.3) is 0 Å². The standard InChI is InChI=1S/C21H19NO3/c1-2-13-22-18-10-6-5-9-16(18)21(25,20(22)24)17-12-11-14-7-3-4-8-15(14)19(17)23/h2-10,17,25H,1,11-13H2. The largest absolute Gasteiger partial charge is 0.375 e. The molecule has 4 nitrogen and oxygen atoms in total. The fourth-order valence-corrected chi connectivity index (χ4v) is 4.10. The van der Waals surface area contributed by atoms with Crippen molar-refractivity contribution in [3.63, 3.8) is 0 Å². The van der Waals surface area contributed by atoms with E-state index in [4.69, 9.17) is 0 Å². The van der Waals surface area contributed by atoms with Crippen molar-refractivity contribution in [2.24, 2.45) is 5.92 Å². The van der Waals surface area contributed by atoms with Crippen LogP contribution in [-0.2, 0) is 16.8 Å². The van der Waals surface area contributed by atoms with Gasteiger partial charge in [-0.15, -0.1) is 6.58 Å². The number of hydrogen-bond acceptors (Lipinski definition) is 3. The van der Waals surface area contributed by atoms with E-state index in [0.717, 1.165) is 5.56 Å². The Morgan fingerprint density at radius 2 is 1.88 bits per heavy atom. The Morgan fingerprint density at radius 3 is 2.68 bits per heavy atom. The van der Waals surface area contributed by atoms with E-state index in [2.05, 4.69) is 6.58 Å². The number of para-hydroxylation sites is 1. The minimum Gasteiger partial charge on any atom is -0.375 e. The molecule has 0 fully saturated rings. The normalized spacial score (nSPS) is 24.8. The molecule has 1 N–H and O–H groups in total. The first-order chi connectivity index (χ1) is 12.1. The molecule has 0 spiro atoms. The zero-order valence-corrected chi connectivity index (χ0v) is 13.8. The van der Waals surface area contributed by atoms with Crippen LogP contribution in [0.1, 0.15) is 27.9 Å². The van der Waals surface area contributed by atoms with Gasteiger partial charge in [0.25, 0.3) is 5.91 Å². The summed E-state index contributed by atoms with van der Waals surface area (Å²) >= 11 is 0. The summed E-state index contributed by atoms with van der Waals surface area (Å²) in [6.07, 6.45) is 2.75. The average molecular weight is 333 g/mol. The number of Topliss-reactive ketones (excluding diaryl/α,β-unsaturated/α-hetero) is 1. The number of carbonyl (C=O) groups excluding carboxylic acids is 2. The molecule has 2 aromatic rings. The van der Waals surface area contributed by atoms with Crippen LogP contribution in [0.2, 0.25) is 0 Å². The fraction of sp³-hybridized carbons (Fsp3) is 0.238. The Balaban J connectivity index is 1.83. The van der Waals surface area contributed by atoms with Gasteiger partial charge in [-0.2, -0.15) is 0 Å². The minimum atomic E-state index is -1.82. The number of nitrogens with zero attached hydrogens (tertiary/aromatic N) is 1. The van der Waals surface area contributed by atoms with Gasteiger partial charge in [0.15, 0.2) is 11.4 Å². The molecule has 2 unspecified atom stereocenters. The van der Waals surface area contributed by atoms with Crippen molar-refractivity contribution in [1.82, 2.24) is 0 Å². The summed E-state index contributed by atoms with van der Waals surface area (Å²) < 4.78 is 0. The van der Waals surface area contributed by atoms with Gasteiger partial charge in [-0.1, -0.05) is 48.5 Å². The van der Waals surface area contributed by atoms with Gasteiger partial charge in [-0.05, 0) is 24.5 Å². The van der Waals surface area contributed by atoms with Crippen molar-refractivity contribution >= 4 is 17.4 Å². The maximum absolute atomic E-state index is 13.1. The highest BCUT2D eigenvalue weighted by molar-refractivity contribution is 6.12. The van der Waals surface area contributed by atoms with Crippen LogP contribution in [0.15, 0.2) is 61.2 Å². The second-order valence-corrected chi connectivity index (χ2v) is 6.60. The third-order valence-electron chi connectivity index (χ3n) is 5.29. The lowest BCUT2D eigenvalue weighted by Gasteiger charge is -2.34. The van der Waals surface area contributed by atoms with Gasteiger partial charge in [-0.25, -0.2) is 0 Å². The average Bonchev–Trinajstić information content (AvgIpc) is 2.85. The van der Waals surface area contributed by atoms with E-state index in [0.29, 0.717) is 36.2 Å². The first-order valence-corrected chi connectivity index (χ1v) is 8.46. The molecular weight excluding hydrogens is 314 g/mol. The van der Waals surface area contributed by atoms with Crippen LogP contribution < -0.4 is 4.90 Å². The molecule has 0 bridgehead atoms. The van der Waals surface area contributed by atoms with Crippen molar-refractivity contribution in [3.8, 4) is 0 Å². The van der Waals surface area contributed by atoms with E-state index in [1.807, 2.05) is 24.3 Å². The summed E-state index contributed by atoms with van der Waals surface area (Å²) in [5.41, 5.74) is 0.944. The molecule has 25 heavy (non-hydrogen) atoms. The van der Waals surface area contributed by atoms with Crippen LogP contribution in [0.4, 0.5) is 5.69 Å². The zero-order chi connectivity index (χ0) is 17.6. The van der Waals surface area contributed by atoms with E-state index >= 15 is 0 Å². The highest BCUT2D eigenvalue weighted by atomic mass is 16.3. The number of rotatable bonds is 3. The molecule has 1 aliphatic heterocycles. The Bertz CT molecular complexity index is 888. The number of ketones is 1. The molecule has 1 aliphatic carbocycles. The van der Waals surface area contributed by atoms with Gasteiger partial charge >= 0.3 is 0 Å². The topological polar surface area (TPSA) is 57.6 Å². The number of benzene rings is 2. The molecule has 1 amide bonds. The monoisotopic (exact) mass is 333 g/mol. The Morgan fingerprint density at radius 1 is 1.16 bits per heavy atom. The SMILES string of the molecule is C=CCN1C(=O)C(O)(C2CCc3ccccc3C2=O)c2ccccc21. The van der Waals surface area contributed by atoms with E-state index < -0.39 is 17.4 Å². The Labute approximate surface area is 146 Å². The number of fused-ring (bicyclic) bond motifs is 2. The number of hydrogen-bond donors (Lipinski definition) is 1. The third kappa shape index (κ3) is 2.11. The number of anilines is 1. The van der Waals surface area contributed by atoms with Gasteiger partial charge in [0.05, 0.1) is 11.6 Å². The maximum atomic E-state index is 13.1. The summed E-state index contributed by atoms with van der Waals surface area (Å²) in [5, 5.41) is 11.5. The van der Waals surface area contributed by atoms with Gasteiger partial charge in [0.1, 0.15) is 0 Å². The van der Waals surface area contributed by atoms with Crippen LogP contribution in [0.3, 0.4) is 0 Å². The van der Waals surface area contributed by atoms with Gasteiger partial charge in [0, 0.05) is 17.7 Å². The van der Waals surface area contributed by atoms with E-state index in [-0.39, 0.29) is 5.78 Å². The molecule has 2 atom stereocenters. The predicted molar refractivity (Wildman–Crippen MR) is 95.5 cm³/mol. The molecule has 0 radical (unpaired) electrons. The van der Waals surface area contributed by atoms with E-state index in [9.17, 15) is 14.7 Å². The molecule has 0 aromatic heterocycles. The zero-order valence-electron chi connectivity index (χ0n) is 13.8. The lowest BCUT2D eigenvalue weighted by atomic mass is 9.71. The quantitative estimate of drug-likeness (QED) is 0.879. The molecule has 2 aromatic carbocycles. The fourth-order valence-electron chi connectivity index (χ4n) is 4.10.